The molecule has 206 valence electrons. The molecule has 1 fully saturated rings. The van der Waals surface area contributed by atoms with E-state index in [1.165, 1.54) is 0 Å². The number of rotatable bonds is 8. The Morgan fingerprint density at radius 2 is 1.80 bits per heavy atom. The Hall–Kier alpha value is -4.53. The molecule has 0 spiro atoms. The molecule has 2 amide bonds. The fourth-order valence-corrected chi connectivity index (χ4v) is 4.95. The third kappa shape index (κ3) is 5.06. The molecule has 0 atom stereocenters. The second kappa shape index (κ2) is 10.2. The van der Waals surface area contributed by atoms with Crippen LogP contribution in [-0.2, 0) is 12.0 Å². The first-order valence-corrected chi connectivity index (χ1v) is 13.8. The number of imidazole rings is 1. The van der Waals surface area contributed by atoms with E-state index in [4.69, 9.17) is 9.84 Å². The molecule has 1 aliphatic carbocycles. The summed E-state index contributed by atoms with van der Waals surface area (Å²) in [5.74, 6) is 1.49. The van der Waals surface area contributed by atoms with Gasteiger partial charge in [-0.25, -0.2) is 14.5 Å². The van der Waals surface area contributed by atoms with E-state index in [0.29, 0.717) is 24.9 Å². The molecule has 0 bridgehead atoms. The summed E-state index contributed by atoms with van der Waals surface area (Å²) in [4.78, 5) is 17.7. The van der Waals surface area contributed by atoms with E-state index in [0.717, 1.165) is 57.6 Å². The average molecular weight is 538 g/mol. The van der Waals surface area contributed by atoms with Crippen molar-refractivity contribution in [2.75, 3.05) is 29.6 Å². The minimum atomic E-state index is -0.297. The first-order valence-electron chi connectivity index (χ1n) is 13.8. The number of carbonyl (C=O) groups excluding carboxylic acids is 1. The van der Waals surface area contributed by atoms with Crippen LogP contribution in [-0.4, -0.2) is 39.0 Å². The van der Waals surface area contributed by atoms with Crippen LogP contribution in [0.25, 0.3) is 21.8 Å². The zero-order valence-corrected chi connectivity index (χ0v) is 23.4. The number of nitrogens with zero attached hydrogens (tertiary/aromatic N) is 4. The fraction of sp³-hybridized carbons (Fsp3) is 0.323. The maximum Gasteiger partial charge on any atom is 0.324 e. The smallest absolute Gasteiger partial charge is 0.324 e. The number of hydrogen-bond donors (Lipinski definition) is 3. The molecule has 1 saturated carbocycles. The maximum atomic E-state index is 13.1. The summed E-state index contributed by atoms with van der Waals surface area (Å²) in [6.45, 7) is 7.52. The lowest BCUT2D eigenvalue weighted by atomic mass is 9.92. The molecule has 0 aliphatic heterocycles. The number of hydrogen-bond acceptors (Lipinski definition) is 5. The van der Waals surface area contributed by atoms with Gasteiger partial charge < -0.3 is 19.9 Å². The van der Waals surface area contributed by atoms with Gasteiger partial charge in [0.05, 0.1) is 41.5 Å². The van der Waals surface area contributed by atoms with E-state index < -0.39 is 0 Å². The Balaban J connectivity index is 1.17. The zero-order chi connectivity index (χ0) is 27.9. The van der Waals surface area contributed by atoms with Crippen LogP contribution in [0.2, 0.25) is 0 Å². The number of carbonyl (C=O) groups is 1. The van der Waals surface area contributed by atoms with Crippen LogP contribution in [0.15, 0.2) is 67.0 Å². The summed E-state index contributed by atoms with van der Waals surface area (Å²) in [7, 11) is 1.90. The lowest BCUT2D eigenvalue weighted by Gasteiger charge is -2.14. The quantitative estimate of drug-likeness (QED) is 0.203. The molecule has 0 radical (unpaired) electrons. The predicted octanol–water partition coefficient (Wildman–Crippen LogP) is 6.78. The molecule has 0 unspecified atom stereocenters. The summed E-state index contributed by atoms with van der Waals surface area (Å²) in [6.07, 6.45) is 4.02. The molecule has 5 aromatic rings. The van der Waals surface area contributed by atoms with Gasteiger partial charge in [0.2, 0.25) is 0 Å². The number of aromatic nitrogens is 4. The highest BCUT2D eigenvalue weighted by molar-refractivity contribution is 6.07. The molecule has 9 nitrogen and oxygen atoms in total. The Kier molecular flexibility index (Phi) is 6.57. The van der Waals surface area contributed by atoms with Crippen LogP contribution in [0.1, 0.15) is 45.3 Å². The van der Waals surface area contributed by atoms with Crippen molar-refractivity contribution in [1.82, 2.24) is 19.3 Å². The van der Waals surface area contributed by atoms with E-state index >= 15 is 0 Å². The SMILES string of the molecule is CNc1cccc2c1ncn2CCOc1ccc(NC(=O)Nc2cc(C(C)(C)C)nn2C2CC2)c2ccccc12. The van der Waals surface area contributed by atoms with Crippen molar-refractivity contribution in [3.8, 4) is 5.75 Å². The van der Waals surface area contributed by atoms with Gasteiger partial charge in [-0.3, -0.25) is 5.32 Å². The van der Waals surface area contributed by atoms with Crippen LogP contribution >= 0.6 is 0 Å². The number of fused-ring (bicyclic) bond motifs is 2. The monoisotopic (exact) mass is 537 g/mol. The normalized spacial score (nSPS) is 13.5. The van der Waals surface area contributed by atoms with Gasteiger partial charge in [-0.05, 0) is 37.1 Å². The topological polar surface area (TPSA) is 98.0 Å². The number of anilines is 3. The summed E-state index contributed by atoms with van der Waals surface area (Å²) in [5, 5.41) is 15.9. The van der Waals surface area contributed by atoms with Gasteiger partial charge >= 0.3 is 6.03 Å². The number of ether oxygens (including phenoxy) is 1. The lowest BCUT2D eigenvalue weighted by molar-refractivity contribution is 0.262. The van der Waals surface area contributed by atoms with Gasteiger partial charge in [0.1, 0.15) is 23.7 Å². The number of benzene rings is 3. The standard InChI is InChI=1S/C31H35N7O2/c1-31(2,3)27-18-28(38(36-27)20-12-13-20)35-30(39)34-23-14-15-26(22-9-6-5-8-21(22)23)40-17-16-37-19-33-29-24(32-4)10-7-11-25(29)37/h5-11,14-15,18-20,32H,12-13,16-17H2,1-4H3,(H2,34,35,39). The molecule has 0 saturated heterocycles. The van der Waals surface area contributed by atoms with Crippen molar-refractivity contribution in [3.63, 3.8) is 0 Å². The fourth-order valence-electron chi connectivity index (χ4n) is 4.95. The molecule has 2 aromatic heterocycles. The van der Waals surface area contributed by atoms with Gasteiger partial charge in [0, 0.05) is 29.3 Å². The van der Waals surface area contributed by atoms with Gasteiger partial charge in [0.25, 0.3) is 0 Å². The third-order valence-corrected chi connectivity index (χ3v) is 7.28. The Labute approximate surface area is 233 Å². The van der Waals surface area contributed by atoms with Gasteiger partial charge in [0.15, 0.2) is 0 Å². The van der Waals surface area contributed by atoms with Gasteiger partial charge in [-0.2, -0.15) is 5.10 Å². The van der Waals surface area contributed by atoms with E-state index in [1.807, 2.05) is 72.7 Å². The molecular weight excluding hydrogens is 502 g/mol. The van der Waals surface area contributed by atoms with E-state index in [2.05, 4.69) is 52.3 Å². The highest BCUT2D eigenvalue weighted by Crippen LogP contribution is 2.38. The summed E-state index contributed by atoms with van der Waals surface area (Å²) < 4.78 is 10.3. The van der Waals surface area contributed by atoms with Crippen molar-refractivity contribution in [1.29, 1.82) is 0 Å². The van der Waals surface area contributed by atoms with Crippen LogP contribution in [0.4, 0.5) is 22.0 Å². The van der Waals surface area contributed by atoms with Crippen molar-refractivity contribution >= 4 is 45.0 Å². The highest BCUT2D eigenvalue weighted by Gasteiger charge is 2.30. The van der Waals surface area contributed by atoms with Gasteiger partial charge in [-0.15, -0.1) is 0 Å². The largest absolute Gasteiger partial charge is 0.491 e. The summed E-state index contributed by atoms with van der Waals surface area (Å²) in [5.41, 5.74) is 4.59. The minimum absolute atomic E-state index is 0.0975. The minimum Gasteiger partial charge on any atom is -0.491 e. The summed E-state index contributed by atoms with van der Waals surface area (Å²) >= 11 is 0. The first kappa shape index (κ1) is 25.7. The number of nitrogens with one attached hydrogen (secondary N) is 3. The molecular formula is C31H35N7O2. The lowest BCUT2D eigenvalue weighted by Crippen LogP contribution is -2.21. The van der Waals surface area contributed by atoms with Crippen LogP contribution in [0.3, 0.4) is 0 Å². The Bertz CT molecular complexity index is 1690. The van der Waals surface area contributed by atoms with E-state index in [-0.39, 0.29) is 11.4 Å². The predicted molar refractivity (Wildman–Crippen MR) is 161 cm³/mol. The second-order valence-corrected chi connectivity index (χ2v) is 11.3. The third-order valence-electron chi connectivity index (χ3n) is 7.28. The van der Waals surface area contributed by atoms with Crippen molar-refractivity contribution in [3.05, 3.63) is 72.7 Å². The van der Waals surface area contributed by atoms with Gasteiger partial charge in [-0.1, -0.05) is 51.1 Å². The average Bonchev–Trinajstić information content (AvgIpc) is 3.56. The molecule has 3 N–H and O–H groups in total. The van der Waals surface area contributed by atoms with Crippen LogP contribution < -0.4 is 20.7 Å². The summed E-state index contributed by atoms with van der Waals surface area (Å²) in [6, 6.07) is 19.9. The van der Waals surface area contributed by atoms with Crippen molar-refractivity contribution in [2.24, 2.45) is 0 Å². The van der Waals surface area contributed by atoms with Crippen molar-refractivity contribution < 1.29 is 9.53 Å². The Morgan fingerprint density at radius 1 is 1.00 bits per heavy atom. The molecule has 40 heavy (non-hydrogen) atoms. The molecule has 9 heteroatoms. The van der Waals surface area contributed by atoms with Crippen LogP contribution in [0, 0.1) is 0 Å². The number of urea groups is 1. The molecule has 2 heterocycles. The molecule has 6 rings (SSSR count). The maximum absolute atomic E-state index is 13.1. The zero-order valence-electron chi connectivity index (χ0n) is 23.4. The highest BCUT2D eigenvalue weighted by atomic mass is 16.5. The second-order valence-electron chi connectivity index (χ2n) is 11.3. The van der Waals surface area contributed by atoms with Crippen molar-refractivity contribution in [2.45, 2.75) is 51.6 Å². The van der Waals surface area contributed by atoms with Crippen LogP contribution in [0.5, 0.6) is 5.75 Å². The number of para-hydroxylation sites is 1. The van der Waals surface area contributed by atoms with E-state index in [1.54, 1.807) is 0 Å². The first-order chi connectivity index (χ1) is 19.3. The Morgan fingerprint density at radius 3 is 2.55 bits per heavy atom. The number of amides is 2. The van der Waals surface area contributed by atoms with E-state index in [9.17, 15) is 4.79 Å². The molecule has 1 aliphatic rings. The molecule has 3 aromatic carbocycles.